The molecule has 1 fully saturated rings. The maximum absolute atomic E-state index is 11.8. The van der Waals surface area contributed by atoms with Gasteiger partial charge in [0.2, 0.25) is 5.91 Å². The van der Waals surface area contributed by atoms with E-state index < -0.39 is 0 Å². The van der Waals surface area contributed by atoms with Gasteiger partial charge in [0.05, 0.1) is 13.2 Å². The van der Waals surface area contributed by atoms with Crippen LogP contribution in [-0.4, -0.2) is 69.1 Å². The third kappa shape index (κ3) is 5.84. The van der Waals surface area contributed by atoms with Crippen LogP contribution in [0, 0.1) is 5.92 Å². The smallest absolute Gasteiger partial charge is 0.243 e. The fourth-order valence-electron chi connectivity index (χ4n) is 2.38. The Morgan fingerprint density at radius 1 is 1.48 bits per heavy atom. The molecule has 2 rings (SSSR count). The van der Waals surface area contributed by atoms with E-state index in [9.17, 15) is 4.79 Å². The van der Waals surface area contributed by atoms with Gasteiger partial charge in [-0.05, 0) is 17.9 Å². The maximum Gasteiger partial charge on any atom is 0.243 e. The van der Waals surface area contributed by atoms with E-state index >= 15 is 0 Å². The van der Waals surface area contributed by atoms with Crippen molar-refractivity contribution in [2.45, 2.75) is 13.0 Å². The Labute approximate surface area is 142 Å². The molecule has 0 aliphatic carbocycles. The average Bonchev–Trinajstić information content (AvgIpc) is 3.20. The van der Waals surface area contributed by atoms with Crippen LogP contribution >= 0.6 is 11.3 Å². The van der Waals surface area contributed by atoms with Crippen LogP contribution in [0.3, 0.4) is 0 Å². The fraction of sp³-hybridized carbons (Fsp3) is 0.625. The molecule has 1 N–H and O–H groups in total. The van der Waals surface area contributed by atoms with E-state index in [1.165, 1.54) is 4.88 Å². The molecule has 0 saturated carbocycles. The second-order valence-corrected chi connectivity index (χ2v) is 7.00. The first-order chi connectivity index (χ1) is 11.1. The summed E-state index contributed by atoms with van der Waals surface area (Å²) in [5, 5.41) is 5.42. The first-order valence-corrected chi connectivity index (χ1v) is 8.74. The number of rotatable bonds is 6. The highest BCUT2D eigenvalue weighted by Gasteiger charge is 2.19. The van der Waals surface area contributed by atoms with Gasteiger partial charge in [-0.3, -0.25) is 4.79 Å². The van der Waals surface area contributed by atoms with E-state index in [-0.39, 0.29) is 12.5 Å². The zero-order valence-corrected chi connectivity index (χ0v) is 14.9. The lowest BCUT2D eigenvalue weighted by Gasteiger charge is -2.25. The minimum atomic E-state index is -0.00183. The summed E-state index contributed by atoms with van der Waals surface area (Å²) in [4.78, 5) is 21.2. The van der Waals surface area contributed by atoms with Crippen LogP contribution in [0.4, 0.5) is 0 Å². The van der Waals surface area contributed by atoms with Gasteiger partial charge in [-0.15, -0.1) is 11.3 Å². The Balaban J connectivity index is 1.96. The molecule has 23 heavy (non-hydrogen) atoms. The van der Waals surface area contributed by atoms with Crippen molar-refractivity contribution in [3.63, 3.8) is 0 Å². The summed E-state index contributed by atoms with van der Waals surface area (Å²) in [5.41, 5.74) is 0. The molecule has 7 heteroatoms. The normalized spacial score (nSPS) is 18.0. The van der Waals surface area contributed by atoms with E-state index in [0.29, 0.717) is 5.92 Å². The number of carbonyl (C=O) groups is 1. The molecule has 2 heterocycles. The molecule has 1 aliphatic heterocycles. The number of hydrogen-bond donors (Lipinski definition) is 1. The standard InChI is InChI=1S/C16H26N4O2S/c1-19(2)15(21)10-18-16(17-9-14-5-4-8-23-14)20(3)11-13-6-7-22-12-13/h4-5,8,13H,6-7,9-12H2,1-3H3,(H,17,18). The average molecular weight is 338 g/mol. The molecule has 0 aromatic carbocycles. The van der Waals surface area contributed by atoms with E-state index in [1.807, 2.05) is 13.1 Å². The number of thiophene rings is 1. The molecular formula is C16H26N4O2S. The highest BCUT2D eigenvalue weighted by molar-refractivity contribution is 7.09. The number of carbonyl (C=O) groups excluding carboxylic acids is 1. The molecule has 0 spiro atoms. The van der Waals surface area contributed by atoms with Gasteiger partial charge in [-0.1, -0.05) is 6.07 Å². The molecule has 0 bridgehead atoms. The van der Waals surface area contributed by atoms with Gasteiger partial charge in [0.1, 0.15) is 6.54 Å². The number of aliphatic imine (C=N–C) groups is 1. The number of ether oxygens (including phenoxy) is 1. The zero-order valence-electron chi connectivity index (χ0n) is 14.1. The quantitative estimate of drug-likeness (QED) is 0.626. The lowest BCUT2D eigenvalue weighted by molar-refractivity contribution is -0.127. The van der Waals surface area contributed by atoms with E-state index in [4.69, 9.17) is 4.74 Å². The van der Waals surface area contributed by atoms with Crippen molar-refractivity contribution in [1.29, 1.82) is 0 Å². The highest BCUT2D eigenvalue weighted by Crippen LogP contribution is 2.13. The summed E-state index contributed by atoms with van der Waals surface area (Å²) in [5.74, 6) is 1.29. The zero-order chi connectivity index (χ0) is 16.7. The topological polar surface area (TPSA) is 57.2 Å². The SMILES string of the molecule is CN(C)C(=O)CN=C(NCc1cccs1)N(C)CC1CCOC1. The predicted octanol–water partition coefficient (Wildman–Crippen LogP) is 1.25. The summed E-state index contributed by atoms with van der Waals surface area (Å²) in [6, 6.07) is 4.12. The van der Waals surface area contributed by atoms with Gasteiger partial charge in [0.25, 0.3) is 0 Å². The van der Waals surface area contributed by atoms with Crippen LogP contribution in [0.1, 0.15) is 11.3 Å². The largest absolute Gasteiger partial charge is 0.381 e. The Morgan fingerprint density at radius 2 is 2.30 bits per heavy atom. The number of guanidine groups is 1. The van der Waals surface area contributed by atoms with E-state index in [0.717, 1.165) is 38.7 Å². The predicted molar refractivity (Wildman–Crippen MR) is 93.7 cm³/mol. The van der Waals surface area contributed by atoms with Crippen LogP contribution < -0.4 is 5.32 Å². The van der Waals surface area contributed by atoms with E-state index in [2.05, 4.69) is 26.7 Å². The van der Waals surface area contributed by atoms with Crippen LogP contribution in [0.5, 0.6) is 0 Å². The Kier molecular flexibility index (Phi) is 6.85. The molecule has 1 aliphatic rings. The molecule has 1 aromatic rings. The van der Waals surface area contributed by atoms with Crippen molar-refractivity contribution in [3.8, 4) is 0 Å². The third-order valence-electron chi connectivity index (χ3n) is 3.78. The summed E-state index contributed by atoms with van der Waals surface area (Å²) < 4.78 is 5.44. The van der Waals surface area contributed by atoms with Gasteiger partial charge in [0.15, 0.2) is 5.96 Å². The van der Waals surface area contributed by atoms with Crippen molar-refractivity contribution >= 4 is 23.2 Å². The van der Waals surface area contributed by atoms with Crippen LogP contribution in [0.25, 0.3) is 0 Å². The second-order valence-electron chi connectivity index (χ2n) is 5.97. The summed E-state index contributed by atoms with van der Waals surface area (Å²) in [6.45, 7) is 3.40. The van der Waals surface area contributed by atoms with Crippen LogP contribution in [-0.2, 0) is 16.1 Å². The van der Waals surface area contributed by atoms with Gasteiger partial charge in [0, 0.05) is 45.1 Å². The first kappa shape index (κ1) is 17.7. The third-order valence-corrected chi connectivity index (χ3v) is 4.66. The van der Waals surface area contributed by atoms with Gasteiger partial charge in [-0.2, -0.15) is 0 Å². The summed E-state index contributed by atoms with van der Waals surface area (Å²) in [6.07, 6.45) is 1.08. The Morgan fingerprint density at radius 3 is 2.91 bits per heavy atom. The molecule has 0 radical (unpaired) electrons. The molecule has 1 saturated heterocycles. The molecule has 128 valence electrons. The maximum atomic E-state index is 11.8. The number of amides is 1. The Hall–Kier alpha value is -1.60. The Bertz CT molecular complexity index is 510. The van der Waals surface area contributed by atoms with Crippen molar-refractivity contribution in [1.82, 2.24) is 15.1 Å². The van der Waals surface area contributed by atoms with Gasteiger partial charge >= 0.3 is 0 Å². The van der Waals surface area contributed by atoms with Crippen LogP contribution in [0.2, 0.25) is 0 Å². The summed E-state index contributed by atoms with van der Waals surface area (Å²) in [7, 11) is 5.51. The number of hydrogen-bond acceptors (Lipinski definition) is 4. The van der Waals surface area contributed by atoms with Crippen molar-refractivity contribution in [2.75, 3.05) is 47.4 Å². The van der Waals surface area contributed by atoms with Crippen LogP contribution in [0.15, 0.2) is 22.5 Å². The first-order valence-electron chi connectivity index (χ1n) is 7.86. The molecule has 6 nitrogen and oxygen atoms in total. The van der Waals surface area contributed by atoms with Crippen molar-refractivity contribution in [2.24, 2.45) is 10.9 Å². The molecule has 1 unspecified atom stereocenters. The molecule has 1 atom stereocenters. The number of nitrogens with zero attached hydrogens (tertiary/aromatic N) is 3. The minimum Gasteiger partial charge on any atom is -0.381 e. The molecule has 1 amide bonds. The number of nitrogens with one attached hydrogen (secondary N) is 1. The number of likely N-dealkylation sites (N-methyl/N-ethyl adjacent to an activating group) is 1. The fourth-order valence-corrected chi connectivity index (χ4v) is 3.02. The highest BCUT2D eigenvalue weighted by atomic mass is 32.1. The van der Waals surface area contributed by atoms with Crippen molar-refractivity contribution in [3.05, 3.63) is 22.4 Å². The van der Waals surface area contributed by atoms with E-state index in [1.54, 1.807) is 30.3 Å². The monoisotopic (exact) mass is 338 g/mol. The molecule has 1 aromatic heterocycles. The van der Waals surface area contributed by atoms with Crippen molar-refractivity contribution < 1.29 is 9.53 Å². The summed E-state index contributed by atoms with van der Waals surface area (Å²) >= 11 is 1.71. The van der Waals surface area contributed by atoms with Gasteiger partial charge < -0.3 is 19.9 Å². The lowest BCUT2D eigenvalue weighted by atomic mass is 10.1. The molecular weight excluding hydrogens is 312 g/mol. The second kappa shape index (κ2) is 8.88. The minimum absolute atomic E-state index is 0.00183. The lowest BCUT2D eigenvalue weighted by Crippen LogP contribution is -2.42. The van der Waals surface area contributed by atoms with Gasteiger partial charge in [-0.25, -0.2) is 4.99 Å².